The highest BCUT2D eigenvalue weighted by Crippen LogP contribution is 2.22. The lowest BCUT2D eigenvalue weighted by atomic mass is 10.0. The van der Waals surface area contributed by atoms with E-state index in [0.717, 1.165) is 6.42 Å². The molecule has 26 heavy (non-hydrogen) atoms. The van der Waals surface area contributed by atoms with Gasteiger partial charge < -0.3 is 19.3 Å². The molecular weight excluding hydrogens is 336 g/mol. The third-order valence-electron chi connectivity index (χ3n) is 4.88. The van der Waals surface area contributed by atoms with Gasteiger partial charge in [-0.25, -0.2) is 0 Å². The highest BCUT2D eigenvalue weighted by Gasteiger charge is 2.37. The summed E-state index contributed by atoms with van der Waals surface area (Å²) in [4.78, 5) is 38.6. The quantitative estimate of drug-likeness (QED) is 0.766. The van der Waals surface area contributed by atoms with Crippen LogP contribution in [0.2, 0.25) is 0 Å². The van der Waals surface area contributed by atoms with Gasteiger partial charge in [0.15, 0.2) is 0 Å². The second-order valence-corrected chi connectivity index (χ2v) is 7.37. The minimum atomic E-state index is -0.801. The van der Waals surface area contributed by atoms with Crippen molar-refractivity contribution in [1.82, 2.24) is 9.47 Å². The standard InChI is InChI=1S/C19H28N2O5/c1-12(2)5-7-20-8-6-13(3)17(18(20)24)19(25)21-10-14(15(22)11-21)9-16(23)26-4/h6,8,12,14-15,22H,5,7,9-11H2,1-4H3/t14-,15-/m1/s1. The zero-order chi connectivity index (χ0) is 19.4. The van der Waals surface area contributed by atoms with Crippen LogP contribution in [0.4, 0.5) is 0 Å². The Hall–Kier alpha value is -2.15. The molecule has 0 saturated carbocycles. The van der Waals surface area contributed by atoms with Crippen LogP contribution in [0.15, 0.2) is 17.1 Å². The topological polar surface area (TPSA) is 88.8 Å². The minimum absolute atomic E-state index is 0.0494. The molecule has 0 spiro atoms. The predicted octanol–water partition coefficient (Wildman–Crippen LogP) is 1.20. The minimum Gasteiger partial charge on any atom is -0.469 e. The number of carbonyl (C=O) groups excluding carboxylic acids is 2. The van der Waals surface area contributed by atoms with Crippen LogP contribution in [-0.2, 0) is 16.1 Å². The zero-order valence-corrected chi connectivity index (χ0v) is 15.9. The number of nitrogens with zero attached hydrogens (tertiary/aromatic N) is 2. The molecule has 1 N–H and O–H groups in total. The molecule has 2 rings (SSSR count). The number of aromatic nitrogens is 1. The summed E-state index contributed by atoms with van der Waals surface area (Å²) in [7, 11) is 1.29. The zero-order valence-electron chi connectivity index (χ0n) is 15.9. The number of ether oxygens (including phenoxy) is 1. The Morgan fingerprint density at radius 3 is 2.65 bits per heavy atom. The van der Waals surface area contributed by atoms with E-state index in [1.807, 2.05) is 0 Å². The number of aryl methyl sites for hydroxylation is 2. The summed E-state index contributed by atoms with van der Waals surface area (Å²) in [5.41, 5.74) is 0.454. The SMILES string of the molecule is COC(=O)C[C@@H]1CN(C(=O)c2c(C)ccn(CCC(C)C)c2=O)C[C@H]1O. The van der Waals surface area contributed by atoms with Crippen molar-refractivity contribution in [2.24, 2.45) is 11.8 Å². The highest BCUT2D eigenvalue weighted by molar-refractivity contribution is 5.95. The monoisotopic (exact) mass is 364 g/mol. The number of esters is 1. The van der Waals surface area contributed by atoms with Gasteiger partial charge >= 0.3 is 5.97 Å². The van der Waals surface area contributed by atoms with Gasteiger partial charge in [0, 0.05) is 31.7 Å². The molecule has 144 valence electrons. The van der Waals surface area contributed by atoms with Crippen molar-refractivity contribution < 1.29 is 19.4 Å². The Morgan fingerprint density at radius 1 is 1.35 bits per heavy atom. The Bertz CT molecular complexity index is 725. The van der Waals surface area contributed by atoms with Crippen molar-refractivity contribution in [2.75, 3.05) is 20.2 Å². The lowest BCUT2D eigenvalue weighted by Gasteiger charge is -2.18. The van der Waals surface area contributed by atoms with Gasteiger partial charge in [0.25, 0.3) is 11.5 Å². The number of carbonyl (C=O) groups is 2. The summed E-state index contributed by atoms with van der Waals surface area (Å²) in [6.45, 7) is 6.80. The maximum atomic E-state index is 12.9. The largest absolute Gasteiger partial charge is 0.469 e. The van der Waals surface area contributed by atoms with Crippen molar-refractivity contribution >= 4 is 11.9 Å². The van der Waals surface area contributed by atoms with E-state index in [-0.39, 0.29) is 36.6 Å². The smallest absolute Gasteiger partial charge is 0.305 e. The highest BCUT2D eigenvalue weighted by atomic mass is 16.5. The van der Waals surface area contributed by atoms with E-state index in [1.54, 1.807) is 23.8 Å². The van der Waals surface area contributed by atoms with E-state index in [9.17, 15) is 19.5 Å². The number of aliphatic hydroxyl groups is 1. The fourth-order valence-corrected chi connectivity index (χ4v) is 3.17. The summed E-state index contributed by atoms with van der Waals surface area (Å²) >= 11 is 0. The number of likely N-dealkylation sites (tertiary alicyclic amines) is 1. The lowest BCUT2D eigenvalue weighted by molar-refractivity contribution is -0.142. The molecule has 1 aliphatic rings. The molecule has 2 atom stereocenters. The van der Waals surface area contributed by atoms with Gasteiger partial charge in [-0.2, -0.15) is 0 Å². The van der Waals surface area contributed by atoms with E-state index in [2.05, 4.69) is 18.6 Å². The van der Waals surface area contributed by atoms with Gasteiger partial charge in [0.05, 0.1) is 19.6 Å². The van der Waals surface area contributed by atoms with E-state index < -0.39 is 18.0 Å². The van der Waals surface area contributed by atoms with Gasteiger partial charge in [-0.05, 0) is 30.9 Å². The van der Waals surface area contributed by atoms with Crippen molar-refractivity contribution in [1.29, 1.82) is 0 Å². The van der Waals surface area contributed by atoms with Gasteiger partial charge in [-0.15, -0.1) is 0 Å². The molecule has 2 heterocycles. The van der Waals surface area contributed by atoms with Crippen LogP contribution in [0.3, 0.4) is 0 Å². The number of methoxy groups -OCH3 is 1. The number of β-amino-alcohol motifs (C(OH)–C–C–N with tert-alkyl or cyclic N) is 1. The van der Waals surface area contributed by atoms with Crippen LogP contribution in [-0.4, -0.2) is 52.8 Å². The second-order valence-electron chi connectivity index (χ2n) is 7.37. The third kappa shape index (κ3) is 4.52. The Morgan fingerprint density at radius 2 is 2.04 bits per heavy atom. The molecule has 0 radical (unpaired) electrons. The average Bonchev–Trinajstić information content (AvgIpc) is 2.94. The summed E-state index contributed by atoms with van der Waals surface area (Å²) in [5.74, 6) is -0.734. The number of rotatable bonds is 6. The summed E-state index contributed by atoms with van der Waals surface area (Å²) in [6.07, 6.45) is 1.81. The molecule has 1 aromatic heterocycles. The molecule has 0 aliphatic carbocycles. The Balaban J connectivity index is 2.20. The van der Waals surface area contributed by atoms with Gasteiger partial charge in [-0.3, -0.25) is 14.4 Å². The van der Waals surface area contributed by atoms with Crippen molar-refractivity contribution in [3.63, 3.8) is 0 Å². The predicted molar refractivity (Wildman–Crippen MR) is 96.9 cm³/mol. The number of hydrogen-bond acceptors (Lipinski definition) is 5. The van der Waals surface area contributed by atoms with Crippen LogP contribution < -0.4 is 5.56 Å². The van der Waals surface area contributed by atoms with E-state index >= 15 is 0 Å². The average molecular weight is 364 g/mol. The number of hydrogen-bond donors (Lipinski definition) is 1. The summed E-state index contributed by atoms with van der Waals surface area (Å²) in [6, 6.07) is 1.77. The number of aliphatic hydroxyl groups excluding tert-OH is 1. The van der Waals surface area contributed by atoms with Crippen LogP contribution in [0.5, 0.6) is 0 Å². The first-order valence-electron chi connectivity index (χ1n) is 8.98. The second kappa shape index (κ2) is 8.49. The van der Waals surface area contributed by atoms with E-state index in [4.69, 9.17) is 0 Å². The Labute approximate surface area is 153 Å². The molecule has 7 heteroatoms. The molecule has 1 saturated heterocycles. The normalized spacial score (nSPS) is 19.8. The molecular formula is C19H28N2O5. The molecule has 1 amide bonds. The number of amides is 1. The molecule has 1 aromatic rings. The van der Waals surface area contributed by atoms with Crippen LogP contribution in [0, 0.1) is 18.8 Å². The summed E-state index contributed by atoms with van der Waals surface area (Å²) in [5, 5.41) is 10.2. The maximum absolute atomic E-state index is 12.9. The molecule has 0 aromatic carbocycles. The van der Waals surface area contributed by atoms with Crippen molar-refractivity contribution in [3.8, 4) is 0 Å². The van der Waals surface area contributed by atoms with Gasteiger partial charge in [0.2, 0.25) is 0 Å². The maximum Gasteiger partial charge on any atom is 0.305 e. The van der Waals surface area contributed by atoms with Gasteiger partial charge in [-0.1, -0.05) is 13.8 Å². The van der Waals surface area contributed by atoms with Crippen LogP contribution in [0.25, 0.3) is 0 Å². The fourth-order valence-electron chi connectivity index (χ4n) is 3.17. The van der Waals surface area contributed by atoms with E-state index in [1.165, 1.54) is 12.0 Å². The van der Waals surface area contributed by atoms with Crippen LogP contribution >= 0.6 is 0 Å². The van der Waals surface area contributed by atoms with Crippen molar-refractivity contribution in [3.05, 3.63) is 33.7 Å². The van der Waals surface area contributed by atoms with E-state index in [0.29, 0.717) is 18.0 Å². The molecule has 1 fully saturated rings. The molecule has 0 bridgehead atoms. The first-order valence-corrected chi connectivity index (χ1v) is 8.98. The summed E-state index contributed by atoms with van der Waals surface area (Å²) < 4.78 is 6.20. The van der Waals surface area contributed by atoms with Gasteiger partial charge in [0.1, 0.15) is 5.56 Å². The first-order chi connectivity index (χ1) is 12.2. The number of pyridine rings is 1. The Kier molecular flexibility index (Phi) is 6.58. The molecule has 7 nitrogen and oxygen atoms in total. The lowest BCUT2D eigenvalue weighted by Crippen LogP contribution is -2.37. The van der Waals surface area contributed by atoms with Crippen LogP contribution in [0.1, 0.15) is 42.6 Å². The van der Waals surface area contributed by atoms with Crippen molar-refractivity contribution in [2.45, 2.75) is 46.3 Å². The molecule has 0 unspecified atom stereocenters. The first kappa shape index (κ1) is 20.2. The third-order valence-corrected chi connectivity index (χ3v) is 4.88. The molecule has 1 aliphatic heterocycles. The fraction of sp³-hybridized carbons (Fsp3) is 0.632.